The zero-order chi connectivity index (χ0) is 24.7. The van der Waals surface area contributed by atoms with Gasteiger partial charge in [-0.2, -0.15) is 0 Å². The third kappa shape index (κ3) is 6.88. The monoisotopic (exact) mass is 495 g/mol. The molecule has 7 nitrogen and oxygen atoms in total. The van der Waals surface area contributed by atoms with E-state index >= 15 is 0 Å². The highest BCUT2D eigenvalue weighted by Gasteiger charge is 2.30. The van der Waals surface area contributed by atoms with Crippen LogP contribution in [-0.4, -0.2) is 71.8 Å². The van der Waals surface area contributed by atoms with Crippen LogP contribution in [0.25, 0.3) is 0 Å². The summed E-state index contributed by atoms with van der Waals surface area (Å²) in [6.07, 6.45) is 7.19. The predicted octanol–water partition coefficient (Wildman–Crippen LogP) is 3.26. The van der Waals surface area contributed by atoms with Gasteiger partial charge < -0.3 is 19.7 Å². The Bertz CT molecular complexity index is 891. The number of aliphatic hydroxyl groups is 2. The second-order valence-electron chi connectivity index (χ2n) is 9.20. The van der Waals surface area contributed by atoms with Crippen LogP contribution in [0.3, 0.4) is 0 Å². The number of aliphatic hydroxyl groups excluding tert-OH is 2. The van der Waals surface area contributed by atoms with E-state index in [1.54, 1.807) is 23.3 Å². The van der Waals surface area contributed by atoms with E-state index in [4.69, 9.17) is 21.1 Å². The van der Waals surface area contributed by atoms with E-state index in [9.17, 15) is 14.6 Å². The fourth-order valence-corrected chi connectivity index (χ4v) is 4.01. The minimum absolute atomic E-state index is 0.111. The molecule has 1 unspecified atom stereocenters. The molecule has 0 amide bonds. The highest BCUT2D eigenvalue weighted by atomic mass is 35.5. The molecule has 0 saturated heterocycles. The normalized spacial score (nSPS) is 20.1. The van der Waals surface area contributed by atoms with Gasteiger partial charge in [-0.1, -0.05) is 32.1 Å². The van der Waals surface area contributed by atoms with Crippen LogP contribution in [0.4, 0.5) is 4.39 Å². The molecule has 0 saturated carbocycles. The number of rotatable bonds is 12. The lowest BCUT2D eigenvalue weighted by Crippen LogP contribution is -2.42. The fourth-order valence-electron chi connectivity index (χ4n) is 3.92. The summed E-state index contributed by atoms with van der Waals surface area (Å²) >= 11 is 5.60. The lowest BCUT2D eigenvalue weighted by Gasteiger charge is -2.34. The number of hydrogen-bond donors (Lipinski definition) is 3. The summed E-state index contributed by atoms with van der Waals surface area (Å²) in [4.78, 5) is 0. The van der Waals surface area contributed by atoms with E-state index in [1.165, 1.54) is 5.56 Å². The van der Waals surface area contributed by atoms with E-state index in [2.05, 4.69) is 37.6 Å². The minimum atomic E-state index is -0.731. The van der Waals surface area contributed by atoms with Gasteiger partial charge in [0.1, 0.15) is 43.6 Å². The van der Waals surface area contributed by atoms with Gasteiger partial charge in [-0.05, 0) is 47.6 Å². The number of hydrogen-bond acceptors (Lipinski definition) is 7. The highest BCUT2D eigenvalue weighted by Crippen LogP contribution is 2.38. The molecule has 0 bridgehead atoms. The third-order valence-electron chi connectivity index (χ3n) is 6.21. The van der Waals surface area contributed by atoms with E-state index in [1.807, 2.05) is 24.3 Å². The van der Waals surface area contributed by atoms with Gasteiger partial charge in [-0.15, -0.1) is 17.1 Å². The number of β-amino-alcohol motifs (C(OH)–C–C–N with tert-alkyl or cyclic N) is 1. The lowest BCUT2D eigenvalue weighted by molar-refractivity contribution is 0.0318. The topological polar surface area (TPSA) is 77.4 Å². The molecule has 2 aliphatic rings. The number of hydrazine groups is 2. The summed E-state index contributed by atoms with van der Waals surface area (Å²) in [5.74, 6) is 1.86. The predicted molar refractivity (Wildman–Crippen MR) is 131 cm³/mol. The molecule has 0 aromatic heterocycles. The zero-order valence-corrected chi connectivity index (χ0v) is 20.7. The van der Waals surface area contributed by atoms with Crippen LogP contribution < -0.4 is 10.3 Å². The number of nitrogens with zero attached hydrogens (tertiary/aromatic N) is 2. The zero-order valence-electron chi connectivity index (χ0n) is 20.0. The average molecular weight is 496 g/mol. The molecule has 34 heavy (non-hydrogen) atoms. The van der Waals surface area contributed by atoms with Gasteiger partial charge in [0.25, 0.3) is 0 Å². The van der Waals surface area contributed by atoms with Gasteiger partial charge in [0.15, 0.2) is 0 Å². The molecule has 1 heterocycles. The lowest BCUT2D eigenvalue weighted by atomic mass is 9.71. The SMILES string of the molecule is CN1NN(C[C@H](O)COC2=CCC(C(C)(C)c3ccc(OC[C@@H](O)CCl)cc3)C=C2)C=C1CF. The van der Waals surface area contributed by atoms with E-state index in [0.717, 1.165) is 12.2 Å². The van der Waals surface area contributed by atoms with Crippen molar-refractivity contribution < 1.29 is 24.1 Å². The summed E-state index contributed by atoms with van der Waals surface area (Å²) < 4.78 is 24.2. The first-order chi connectivity index (χ1) is 16.2. The molecule has 0 radical (unpaired) electrons. The largest absolute Gasteiger partial charge is 0.491 e. The van der Waals surface area contributed by atoms with Crippen LogP contribution in [0, 0.1) is 5.92 Å². The average Bonchev–Trinajstić information content (AvgIpc) is 3.20. The quantitative estimate of drug-likeness (QED) is 0.384. The van der Waals surface area contributed by atoms with Crippen LogP contribution in [0.5, 0.6) is 5.75 Å². The van der Waals surface area contributed by atoms with Gasteiger partial charge in [-0.3, -0.25) is 10.0 Å². The van der Waals surface area contributed by atoms with Crippen LogP contribution in [0.15, 0.2) is 60.1 Å². The van der Waals surface area contributed by atoms with Crippen molar-refractivity contribution in [3.05, 3.63) is 65.7 Å². The number of ether oxygens (including phenoxy) is 2. The maximum Gasteiger partial charge on any atom is 0.132 e. The highest BCUT2D eigenvalue weighted by molar-refractivity contribution is 6.18. The van der Waals surface area contributed by atoms with Crippen LogP contribution in [0.2, 0.25) is 0 Å². The third-order valence-corrected chi connectivity index (χ3v) is 6.57. The number of benzene rings is 1. The van der Waals surface area contributed by atoms with E-state index < -0.39 is 18.9 Å². The number of alkyl halides is 2. The van der Waals surface area contributed by atoms with Crippen molar-refractivity contribution in [1.29, 1.82) is 0 Å². The van der Waals surface area contributed by atoms with E-state index in [0.29, 0.717) is 11.4 Å². The van der Waals surface area contributed by atoms with Crippen LogP contribution in [0.1, 0.15) is 25.8 Å². The van der Waals surface area contributed by atoms with Crippen LogP contribution in [-0.2, 0) is 10.2 Å². The van der Waals surface area contributed by atoms with Gasteiger partial charge >= 0.3 is 0 Å². The smallest absolute Gasteiger partial charge is 0.132 e. The Balaban J connectivity index is 1.47. The Morgan fingerprint density at radius 1 is 1.18 bits per heavy atom. The number of allylic oxidation sites excluding steroid dienone is 4. The maximum atomic E-state index is 12.9. The first-order valence-corrected chi connectivity index (χ1v) is 12.0. The van der Waals surface area contributed by atoms with Crippen molar-refractivity contribution in [2.75, 3.05) is 39.4 Å². The molecule has 3 rings (SSSR count). The van der Waals surface area contributed by atoms with Gasteiger partial charge in [0, 0.05) is 13.2 Å². The fraction of sp³-hybridized carbons (Fsp3) is 0.520. The molecule has 0 fully saturated rings. The molecule has 9 heteroatoms. The van der Waals surface area contributed by atoms with Crippen molar-refractivity contribution >= 4 is 11.6 Å². The molecule has 0 spiro atoms. The first kappa shape index (κ1) is 26.3. The van der Waals surface area contributed by atoms with Crippen molar-refractivity contribution in [2.24, 2.45) is 5.92 Å². The molecule has 188 valence electrons. The Labute approximate surface area is 206 Å². The second-order valence-corrected chi connectivity index (χ2v) is 9.51. The Kier molecular flexibility index (Phi) is 9.24. The molecule has 1 aliphatic heterocycles. The van der Waals surface area contributed by atoms with Crippen molar-refractivity contribution in [3.63, 3.8) is 0 Å². The summed E-state index contributed by atoms with van der Waals surface area (Å²) in [6.45, 7) is 4.44. The minimum Gasteiger partial charge on any atom is -0.491 e. The number of nitrogens with one attached hydrogen (secondary N) is 1. The molecule has 1 aromatic rings. The van der Waals surface area contributed by atoms with Gasteiger partial charge in [0.05, 0.1) is 18.1 Å². The molecule has 1 aliphatic carbocycles. The van der Waals surface area contributed by atoms with Gasteiger partial charge in [0.2, 0.25) is 0 Å². The van der Waals surface area contributed by atoms with Gasteiger partial charge in [-0.25, -0.2) is 4.39 Å². The maximum absolute atomic E-state index is 12.9. The summed E-state index contributed by atoms with van der Waals surface area (Å²) in [5, 5.41) is 23.0. The summed E-state index contributed by atoms with van der Waals surface area (Å²) in [6, 6.07) is 7.92. The van der Waals surface area contributed by atoms with Crippen molar-refractivity contribution in [2.45, 2.75) is 37.9 Å². The van der Waals surface area contributed by atoms with E-state index in [-0.39, 0.29) is 37.0 Å². The Morgan fingerprint density at radius 3 is 2.47 bits per heavy atom. The first-order valence-electron chi connectivity index (χ1n) is 11.4. The molecular weight excluding hydrogens is 461 g/mol. The summed E-state index contributed by atoms with van der Waals surface area (Å²) in [7, 11) is 1.72. The number of halogens is 2. The molecule has 1 aromatic carbocycles. The summed E-state index contributed by atoms with van der Waals surface area (Å²) in [5.41, 5.74) is 4.53. The standard InChI is InChI=1S/C25H35ClFN3O4/c1-25(2,18-4-8-23(9-5-18)33-16-21(31)12-26)19-6-10-24(11-7-19)34-17-22(32)15-30-14-20(13-27)29(3)28-30/h4-6,8-11,14,19,21-22,28,31-32H,7,12-13,15-17H2,1-3H3/t19?,21-,22-/m0/s1. The van der Waals surface area contributed by atoms with Crippen LogP contribution >= 0.6 is 11.6 Å². The Hall–Kier alpha value is -2.26. The molecule has 3 N–H and O–H groups in total. The molecular formula is C25H35ClFN3O4. The van der Waals surface area contributed by atoms with Crippen molar-refractivity contribution in [3.8, 4) is 5.75 Å². The van der Waals surface area contributed by atoms with Crippen molar-refractivity contribution in [1.82, 2.24) is 15.6 Å². The molecule has 3 atom stereocenters. The second kappa shape index (κ2) is 11.9. The Morgan fingerprint density at radius 2 is 1.88 bits per heavy atom.